The zero-order valence-electron chi connectivity index (χ0n) is 14.0. The van der Waals surface area contributed by atoms with Crippen LogP contribution in [0.2, 0.25) is 0 Å². The van der Waals surface area contributed by atoms with Gasteiger partial charge in [0, 0.05) is 25.2 Å². The van der Waals surface area contributed by atoms with E-state index in [1.807, 2.05) is 44.6 Å². The van der Waals surface area contributed by atoms with Gasteiger partial charge in [-0.2, -0.15) is 0 Å². The van der Waals surface area contributed by atoms with Gasteiger partial charge < -0.3 is 15.5 Å². The molecule has 0 aliphatic rings. The van der Waals surface area contributed by atoms with E-state index in [1.54, 1.807) is 11.6 Å². The van der Waals surface area contributed by atoms with Crippen molar-refractivity contribution >= 4 is 22.7 Å². The van der Waals surface area contributed by atoms with Crippen molar-refractivity contribution in [1.29, 1.82) is 0 Å². The number of para-hydroxylation sites is 1. The Labute approximate surface area is 136 Å². The van der Waals surface area contributed by atoms with Crippen LogP contribution in [0.15, 0.2) is 30.5 Å². The molecule has 0 bridgehead atoms. The number of hydrogen-bond acceptors (Lipinski definition) is 4. The molecule has 2 rings (SSSR count). The van der Waals surface area contributed by atoms with Crippen molar-refractivity contribution in [1.82, 2.24) is 14.4 Å². The molecule has 0 unspecified atom stereocenters. The number of hydrogen-bond donors (Lipinski definition) is 1. The Hall–Kier alpha value is -2.18. The fourth-order valence-corrected chi connectivity index (χ4v) is 2.52. The van der Waals surface area contributed by atoms with E-state index in [0.29, 0.717) is 0 Å². The SMILES string of the molecule is CN(C)CCc1cn(C(=O)CN(C)C(=O)CN)c2ccccc12. The van der Waals surface area contributed by atoms with Gasteiger partial charge in [-0.05, 0) is 32.1 Å². The predicted octanol–water partition coefficient (Wildman–Crippen LogP) is 0.803. The van der Waals surface area contributed by atoms with Crippen LogP contribution in [0.4, 0.5) is 0 Å². The highest BCUT2D eigenvalue weighted by Gasteiger charge is 2.17. The average molecular weight is 316 g/mol. The molecular weight excluding hydrogens is 292 g/mol. The number of amides is 1. The second kappa shape index (κ2) is 7.39. The molecule has 0 spiro atoms. The number of carbonyl (C=O) groups excluding carboxylic acids is 2. The van der Waals surface area contributed by atoms with Crippen LogP contribution in [0.25, 0.3) is 10.9 Å². The quantitative estimate of drug-likeness (QED) is 0.856. The van der Waals surface area contributed by atoms with Gasteiger partial charge in [0.2, 0.25) is 5.91 Å². The maximum Gasteiger partial charge on any atom is 0.250 e. The molecule has 0 aliphatic carbocycles. The molecule has 0 radical (unpaired) electrons. The zero-order chi connectivity index (χ0) is 17.0. The Kier molecular flexibility index (Phi) is 5.52. The normalized spacial score (nSPS) is 11.2. The average Bonchev–Trinajstić information content (AvgIpc) is 2.91. The molecule has 124 valence electrons. The number of likely N-dealkylation sites (N-methyl/N-ethyl adjacent to an activating group) is 2. The Balaban J connectivity index is 2.29. The molecule has 1 amide bonds. The fourth-order valence-electron chi connectivity index (χ4n) is 2.52. The third kappa shape index (κ3) is 3.97. The minimum Gasteiger partial charge on any atom is -0.335 e. The van der Waals surface area contributed by atoms with E-state index >= 15 is 0 Å². The standard InChI is InChI=1S/C17H24N4O2/c1-19(2)9-8-13-11-21(15-7-5-4-6-14(13)15)17(23)12-20(3)16(22)10-18/h4-7,11H,8-10,12,18H2,1-3H3. The lowest BCUT2D eigenvalue weighted by atomic mass is 10.1. The number of fused-ring (bicyclic) bond motifs is 1. The molecule has 23 heavy (non-hydrogen) atoms. The first-order valence-corrected chi connectivity index (χ1v) is 7.65. The fraction of sp³-hybridized carbons (Fsp3) is 0.412. The molecule has 0 atom stereocenters. The molecule has 0 fully saturated rings. The van der Waals surface area contributed by atoms with E-state index in [0.717, 1.165) is 29.4 Å². The number of carbonyl (C=O) groups is 2. The van der Waals surface area contributed by atoms with E-state index in [-0.39, 0.29) is 24.9 Å². The Bertz CT molecular complexity index is 706. The van der Waals surface area contributed by atoms with E-state index in [9.17, 15) is 9.59 Å². The summed E-state index contributed by atoms with van der Waals surface area (Å²) in [5, 5.41) is 1.08. The van der Waals surface area contributed by atoms with Crippen molar-refractivity contribution < 1.29 is 9.59 Å². The molecule has 6 heteroatoms. The molecule has 1 aromatic heterocycles. The van der Waals surface area contributed by atoms with Crippen LogP contribution >= 0.6 is 0 Å². The van der Waals surface area contributed by atoms with E-state index in [1.165, 1.54) is 4.90 Å². The van der Waals surface area contributed by atoms with Gasteiger partial charge in [-0.1, -0.05) is 18.2 Å². The number of nitrogens with zero attached hydrogens (tertiary/aromatic N) is 3. The lowest BCUT2D eigenvalue weighted by molar-refractivity contribution is -0.128. The highest BCUT2D eigenvalue weighted by molar-refractivity contribution is 5.96. The second-order valence-corrected chi connectivity index (χ2v) is 5.94. The third-order valence-corrected chi connectivity index (χ3v) is 3.86. The molecule has 0 aliphatic heterocycles. The van der Waals surface area contributed by atoms with Gasteiger partial charge in [0.1, 0.15) is 6.54 Å². The van der Waals surface area contributed by atoms with Crippen LogP contribution in [0, 0.1) is 0 Å². The van der Waals surface area contributed by atoms with E-state index < -0.39 is 0 Å². The lowest BCUT2D eigenvalue weighted by Crippen LogP contribution is -2.37. The number of benzene rings is 1. The monoisotopic (exact) mass is 316 g/mol. The first-order chi connectivity index (χ1) is 10.9. The van der Waals surface area contributed by atoms with Gasteiger partial charge in [-0.25, -0.2) is 0 Å². The van der Waals surface area contributed by atoms with Gasteiger partial charge in [0.05, 0.1) is 12.1 Å². The highest BCUT2D eigenvalue weighted by atomic mass is 16.2. The van der Waals surface area contributed by atoms with Gasteiger partial charge >= 0.3 is 0 Å². The van der Waals surface area contributed by atoms with Crippen LogP contribution in [0.3, 0.4) is 0 Å². The molecular formula is C17H24N4O2. The van der Waals surface area contributed by atoms with Crippen LogP contribution in [0.5, 0.6) is 0 Å². The number of nitrogens with two attached hydrogens (primary N) is 1. The molecule has 2 N–H and O–H groups in total. The minimum atomic E-state index is -0.248. The first-order valence-electron chi connectivity index (χ1n) is 7.65. The van der Waals surface area contributed by atoms with Crippen LogP contribution < -0.4 is 5.73 Å². The first kappa shape index (κ1) is 17.2. The smallest absolute Gasteiger partial charge is 0.250 e. The topological polar surface area (TPSA) is 71.6 Å². The van der Waals surface area contributed by atoms with E-state index in [4.69, 9.17) is 5.73 Å². The number of rotatable bonds is 6. The summed E-state index contributed by atoms with van der Waals surface area (Å²) in [7, 11) is 5.64. The van der Waals surface area contributed by atoms with Crippen molar-refractivity contribution in [2.75, 3.05) is 40.8 Å². The maximum atomic E-state index is 12.6. The largest absolute Gasteiger partial charge is 0.335 e. The maximum absolute atomic E-state index is 12.6. The van der Waals surface area contributed by atoms with Gasteiger partial charge in [0.15, 0.2) is 0 Å². The summed E-state index contributed by atoms with van der Waals surface area (Å²) in [5.74, 6) is -0.385. The summed E-state index contributed by atoms with van der Waals surface area (Å²) in [6, 6.07) is 7.84. The van der Waals surface area contributed by atoms with Crippen molar-refractivity contribution in [3.63, 3.8) is 0 Å². The van der Waals surface area contributed by atoms with Gasteiger partial charge in [-0.15, -0.1) is 0 Å². The van der Waals surface area contributed by atoms with Crippen molar-refractivity contribution in [3.05, 3.63) is 36.0 Å². The highest BCUT2D eigenvalue weighted by Crippen LogP contribution is 2.22. The molecule has 1 aromatic carbocycles. The molecule has 0 saturated carbocycles. The predicted molar refractivity (Wildman–Crippen MR) is 91.5 cm³/mol. The third-order valence-electron chi connectivity index (χ3n) is 3.86. The summed E-state index contributed by atoms with van der Waals surface area (Å²) < 4.78 is 1.64. The molecule has 6 nitrogen and oxygen atoms in total. The lowest BCUT2D eigenvalue weighted by Gasteiger charge is -2.15. The summed E-state index contributed by atoms with van der Waals surface area (Å²) in [4.78, 5) is 27.6. The summed E-state index contributed by atoms with van der Waals surface area (Å²) in [6.07, 6.45) is 2.75. The van der Waals surface area contributed by atoms with Gasteiger partial charge in [0.25, 0.3) is 5.91 Å². The van der Waals surface area contributed by atoms with Gasteiger partial charge in [-0.3, -0.25) is 14.2 Å². The summed E-state index contributed by atoms with van der Waals surface area (Å²) >= 11 is 0. The Morgan fingerprint density at radius 3 is 2.52 bits per heavy atom. The Morgan fingerprint density at radius 1 is 1.17 bits per heavy atom. The van der Waals surface area contributed by atoms with Crippen LogP contribution in [0.1, 0.15) is 10.4 Å². The molecule has 1 heterocycles. The second-order valence-electron chi connectivity index (χ2n) is 5.94. The van der Waals surface area contributed by atoms with Crippen molar-refractivity contribution in [3.8, 4) is 0 Å². The molecule has 2 aromatic rings. The van der Waals surface area contributed by atoms with Crippen molar-refractivity contribution in [2.24, 2.45) is 5.73 Å². The zero-order valence-corrected chi connectivity index (χ0v) is 14.0. The minimum absolute atomic E-state index is 0.0157. The molecule has 0 saturated heterocycles. The van der Waals surface area contributed by atoms with Crippen LogP contribution in [-0.2, 0) is 11.2 Å². The Morgan fingerprint density at radius 2 is 1.87 bits per heavy atom. The summed E-state index contributed by atoms with van der Waals surface area (Å²) in [5.41, 5.74) is 7.35. The van der Waals surface area contributed by atoms with Crippen LogP contribution in [-0.4, -0.2) is 67.0 Å². The van der Waals surface area contributed by atoms with Crippen molar-refractivity contribution in [2.45, 2.75) is 6.42 Å². The number of aromatic nitrogens is 1. The summed E-state index contributed by atoms with van der Waals surface area (Å²) in [6.45, 7) is 0.833. The van der Waals surface area contributed by atoms with E-state index in [2.05, 4.69) is 4.90 Å².